The second kappa shape index (κ2) is 6.56. The molecular weight excluding hydrogens is 226 g/mol. The molecule has 0 aliphatic carbocycles. The van der Waals surface area contributed by atoms with E-state index in [2.05, 4.69) is 0 Å². The van der Waals surface area contributed by atoms with Crippen LogP contribution in [-0.4, -0.2) is 60.9 Å². The van der Waals surface area contributed by atoms with Gasteiger partial charge in [-0.2, -0.15) is 0 Å². The van der Waals surface area contributed by atoms with Crippen LogP contribution in [0.1, 0.15) is 19.8 Å². The van der Waals surface area contributed by atoms with Crippen LogP contribution in [-0.2, 0) is 19.1 Å². The number of aliphatic carboxylic acids is 1. The summed E-state index contributed by atoms with van der Waals surface area (Å²) in [6.07, 6.45) is -0.605. The maximum absolute atomic E-state index is 11.9. The molecule has 1 N–H and O–H groups in total. The molecule has 0 saturated carbocycles. The summed E-state index contributed by atoms with van der Waals surface area (Å²) >= 11 is 0. The Kier molecular flexibility index (Phi) is 5.37. The first-order valence-electron chi connectivity index (χ1n) is 5.77. The summed E-state index contributed by atoms with van der Waals surface area (Å²) in [5.41, 5.74) is 0. The largest absolute Gasteiger partial charge is 0.479 e. The van der Waals surface area contributed by atoms with Gasteiger partial charge in [-0.05, 0) is 19.8 Å². The number of hydrogen-bond donors (Lipinski definition) is 1. The number of ether oxygens (including phenoxy) is 2. The molecule has 1 rings (SSSR count). The summed E-state index contributed by atoms with van der Waals surface area (Å²) < 4.78 is 10.3. The van der Waals surface area contributed by atoms with Crippen molar-refractivity contribution in [1.29, 1.82) is 0 Å². The Bertz CT molecular complexity index is 281. The van der Waals surface area contributed by atoms with E-state index in [9.17, 15) is 9.59 Å². The Morgan fingerprint density at radius 1 is 1.41 bits per heavy atom. The molecule has 0 aromatic heterocycles. The van der Waals surface area contributed by atoms with E-state index >= 15 is 0 Å². The monoisotopic (exact) mass is 245 g/mol. The van der Waals surface area contributed by atoms with Crippen LogP contribution in [0.5, 0.6) is 0 Å². The molecule has 1 aliphatic heterocycles. The predicted octanol–water partition coefficient (Wildman–Crippen LogP) is 0.114. The second-order valence-electron chi connectivity index (χ2n) is 3.99. The van der Waals surface area contributed by atoms with Crippen molar-refractivity contribution in [2.45, 2.75) is 32.0 Å². The van der Waals surface area contributed by atoms with Crippen LogP contribution in [0.3, 0.4) is 0 Å². The molecule has 0 bridgehead atoms. The fourth-order valence-corrected chi connectivity index (χ4v) is 1.70. The second-order valence-corrected chi connectivity index (χ2v) is 3.99. The minimum absolute atomic E-state index is 0.173. The highest BCUT2D eigenvalue weighted by atomic mass is 16.5. The molecular formula is C11H19NO5. The van der Waals surface area contributed by atoms with Crippen LogP contribution in [0.4, 0.5) is 0 Å². The third-order valence-electron chi connectivity index (χ3n) is 2.72. The summed E-state index contributed by atoms with van der Waals surface area (Å²) in [6.45, 7) is 3.47. The van der Waals surface area contributed by atoms with Crippen molar-refractivity contribution < 1.29 is 24.2 Å². The van der Waals surface area contributed by atoms with Gasteiger partial charge in [-0.25, -0.2) is 4.79 Å². The normalized spacial score (nSPS) is 23.6. The number of amides is 1. The Labute approximate surface area is 100 Å². The van der Waals surface area contributed by atoms with Gasteiger partial charge in [-0.15, -0.1) is 0 Å². The molecule has 6 nitrogen and oxygen atoms in total. The molecule has 0 radical (unpaired) electrons. The van der Waals surface area contributed by atoms with E-state index in [0.29, 0.717) is 32.6 Å². The third-order valence-corrected chi connectivity index (χ3v) is 2.72. The van der Waals surface area contributed by atoms with Gasteiger partial charge in [0.25, 0.3) is 5.91 Å². The topological polar surface area (TPSA) is 76.1 Å². The van der Waals surface area contributed by atoms with Crippen molar-refractivity contribution in [2.24, 2.45) is 0 Å². The minimum Gasteiger partial charge on any atom is -0.479 e. The number of carbonyl (C=O) groups excluding carboxylic acids is 1. The average molecular weight is 245 g/mol. The summed E-state index contributed by atoms with van der Waals surface area (Å²) in [4.78, 5) is 24.1. The van der Waals surface area contributed by atoms with E-state index in [4.69, 9.17) is 14.6 Å². The number of carboxylic acid groups (broad SMARTS) is 1. The molecule has 0 aromatic carbocycles. The zero-order chi connectivity index (χ0) is 12.8. The number of nitrogens with zero attached hydrogens (tertiary/aromatic N) is 1. The van der Waals surface area contributed by atoms with Crippen LogP contribution in [0, 0.1) is 0 Å². The van der Waals surface area contributed by atoms with Crippen molar-refractivity contribution >= 4 is 11.9 Å². The van der Waals surface area contributed by atoms with Gasteiger partial charge < -0.3 is 19.5 Å². The minimum atomic E-state index is -1.00. The van der Waals surface area contributed by atoms with Crippen molar-refractivity contribution in [1.82, 2.24) is 4.90 Å². The van der Waals surface area contributed by atoms with Gasteiger partial charge in [0.1, 0.15) is 6.10 Å². The number of rotatable bonds is 6. The van der Waals surface area contributed by atoms with Crippen molar-refractivity contribution in [3.63, 3.8) is 0 Å². The van der Waals surface area contributed by atoms with Gasteiger partial charge in [0.15, 0.2) is 6.10 Å². The summed E-state index contributed by atoms with van der Waals surface area (Å²) in [5, 5.41) is 8.75. The standard InChI is InChI=1S/C11H19NO5/c1-3-16-7-6-12(2)10(13)8-4-5-9(17-8)11(14)15/h8-9H,3-7H2,1-2H3,(H,14,15)/t8-,9+/m0/s1. The smallest absolute Gasteiger partial charge is 0.332 e. The fourth-order valence-electron chi connectivity index (χ4n) is 1.70. The van der Waals surface area contributed by atoms with Crippen molar-refractivity contribution in [3.05, 3.63) is 0 Å². The summed E-state index contributed by atoms with van der Waals surface area (Å²) in [5.74, 6) is -1.18. The van der Waals surface area contributed by atoms with Gasteiger partial charge in [0, 0.05) is 20.2 Å². The first-order chi connectivity index (χ1) is 8.06. The molecule has 6 heteroatoms. The Hall–Kier alpha value is -1.14. The average Bonchev–Trinajstić information content (AvgIpc) is 2.77. The van der Waals surface area contributed by atoms with E-state index in [1.807, 2.05) is 6.92 Å². The zero-order valence-corrected chi connectivity index (χ0v) is 10.2. The van der Waals surface area contributed by atoms with Crippen molar-refractivity contribution in [2.75, 3.05) is 26.8 Å². The van der Waals surface area contributed by atoms with E-state index in [-0.39, 0.29) is 5.91 Å². The number of carboxylic acids is 1. The van der Waals surface area contributed by atoms with Crippen LogP contribution in [0.2, 0.25) is 0 Å². The molecule has 17 heavy (non-hydrogen) atoms. The lowest BCUT2D eigenvalue weighted by Gasteiger charge is -2.20. The predicted molar refractivity (Wildman–Crippen MR) is 59.7 cm³/mol. The molecule has 0 spiro atoms. The highest BCUT2D eigenvalue weighted by Gasteiger charge is 2.35. The lowest BCUT2D eigenvalue weighted by Crippen LogP contribution is -2.38. The fraction of sp³-hybridized carbons (Fsp3) is 0.818. The molecule has 1 aliphatic rings. The molecule has 1 amide bonds. The highest BCUT2D eigenvalue weighted by molar-refractivity contribution is 5.82. The molecule has 1 fully saturated rings. The van der Waals surface area contributed by atoms with Crippen molar-refractivity contribution in [3.8, 4) is 0 Å². The van der Waals surface area contributed by atoms with E-state index in [1.165, 1.54) is 4.90 Å². The van der Waals surface area contributed by atoms with E-state index < -0.39 is 18.2 Å². The van der Waals surface area contributed by atoms with Gasteiger partial charge in [0.05, 0.1) is 6.61 Å². The van der Waals surface area contributed by atoms with Gasteiger partial charge in [-0.1, -0.05) is 0 Å². The Morgan fingerprint density at radius 3 is 2.59 bits per heavy atom. The lowest BCUT2D eigenvalue weighted by molar-refractivity contribution is -0.154. The van der Waals surface area contributed by atoms with E-state index in [1.54, 1.807) is 7.05 Å². The molecule has 2 atom stereocenters. The van der Waals surface area contributed by atoms with Gasteiger partial charge in [-0.3, -0.25) is 4.79 Å². The molecule has 98 valence electrons. The van der Waals surface area contributed by atoms with E-state index in [0.717, 1.165) is 0 Å². The van der Waals surface area contributed by atoms with Crippen LogP contribution < -0.4 is 0 Å². The molecule has 0 unspecified atom stereocenters. The SMILES string of the molecule is CCOCCN(C)C(=O)[C@@H]1CC[C@H](C(=O)O)O1. The maximum atomic E-state index is 11.9. The zero-order valence-electron chi connectivity index (χ0n) is 10.2. The quantitative estimate of drug-likeness (QED) is 0.672. The van der Waals surface area contributed by atoms with Gasteiger partial charge in [0.2, 0.25) is 0 Å². The number of carbonyl (C=O) groups is 2. The van der Waals surface area contributed by atoms with Crippen LogP contribution >= 0.6 is 0 Å². The Balaban J connectivity index is 2.35. The Morgan fingerprint density at radius 2 is 2.06 bits per heavy atom. The van der Waals surface area contributed by atoms with Crippen LogP contribution in [0.15, 0.2) is 0 Å². The van der Waals surface area contributed by atoms with Crippen LogP contribution in [0.25, 0.3) is 0 Å². The highest BCUT2D eigenvalue weighted by Crippen LogP contribution is 2.21. The number of hydrogen-bond acceptors (Lipinski definition) is 4. The summed E-state index contributed by atoms with van der Waals surface area (Å²) in [7, 11) is 1.67. The number of likely N-dealkylation sites (N-methyl/N-ethyl adjacent to an activating group) is 1. The lowest BCUT2D eigenvalue weighted by atomic mass is 10.2. The third kappa shape index (κ3) is 3.98. The maximum Gasteiger partial charge on any atom is 0.332 e. The first-order valence-corrected chi connectivity index (χ1v) is 5.77. The molecule has 0 aromatic rings. The van der Waals surface area contributed by atoms with Gasteiger partial charge >= 0.3 is 5.97 Å². The molecule has 1 saturated heterocycles. The first kappa shape index (κ1) is 13.9. The summed E-state index contributed by atoms with van der Waals surface area (Å²) in [6, 6.07) is 0. The molecule has 1 heterocycles.